The van der Waals surface area contributed by atoms with E-state index in [1.807, 2.05) is 0 Å². The van der Waals surface area contributed by atoms with Crippen molar-refractivity contribution in [2.75, 3.05) is 27.3 Å². The van der Waals surface area contributed by atoms with Crippen molar-refractivity contribution in [3.05, 3.63) is 23.5 Å². The van der Waals surface area contributed by atoms with Crippen LogP contribution in [-0.2, 0) is 28.5 Å². The van der Waals surface area contributed by atoms with Crippen molar-refractivity contribution >= 4 is 5.78 Å². The number of fused-ring (bicyclic) bond motifs is 7. The zero-order chi connectivity index (χ0) is 20.8. The van der Waals surface area contributed by atoms with Gasteiger partial charge >= 0.3 is 0 Å². The first kappa shape index (κ1) is 19.5. The number of rotatable bonds is 1. The van der Waals surface area contributed by atoms with Gasteiger partial charge in [-0.05, 0) is 49.2 Å². The number of ether oxygens (including phenoxy) is 5. The summed E-state index contributed by atoms with van der Waals surface area (Å²) in [7, 11) is 1.74. The van der Waals surface area contributed by atoms with E-state index in [1.54, 1.807) is 7.11 Å². The molecule has 0 unspecified atom stereocenters. The lowest BCUT2D eigenvalue weighted by molar-refractivity contribution is -0.245. The van der Waals surface area contributed by atoms with Crippen LogP contribution in [0.3, 0.4) is 0 Å². The number of ketones is 1. The van der Waals surface area contributed by atoms with Crippen LogP contribution in [0.25, 0.3) is 0 Å². The highest BCUT2D eigenvalue weighted by Gasteiger charge is 2.76. The number of carbonyl (C=O) groups excluding carboxylic acids is 1. The van der Waals surface area contributed by atoms with Crippen LogP contribution >= 0.6 is 0 Å². The number of carbonyl (C=O) groups is 1. The van der Waals surface area contributed by atoms with E-state index in [2.05, 4.69) is 26.0 Å². The smallest absolute Gasteiger partial charge is 0.226 e. The first-order chi connectivity index (χ1) is 14.4. The summed E-state index contributed by atoms with van der Waals surface area (Å²) in [5, 5.41) is 0. The second-order valence-corrected chi connectivity index (χ2v) is 10.6. The normalized spacial score (nSPS) is 52.1. The molecule has 30 heavy (non-hydrogen) atoms. The van der Waals surface area contributed by atoms with E-state index in [9.17, 15) is 4.79 Å². The molecule has 0 N–H and O–H groups in total. The van der Waals surface area contributed by atoms with Crippen molar-refractivity contribution in [2.24, 2.45) is 28.6 Å². The van der Waals surface area contributed by atoms with E-state index in [-0.39, 0.29) is 30.3 Å². The molecule has 2 saturated carbocycles. The van der Waals surface area contributed by atoms with Gasteiger partial charge in [-0.15, -0.1) is 0 Å². The van der Waals surface area contributed by atoms with Gasteiger partial charge in [-0.2, -0.15) is 0 Å². The fourth-order valence-electron chi connectivity index (χ4n) is 8.27. The molecule has 2 aliphatic heterocycles. The van der Waals surface area contributed by atoms with Gasteiger partial charge in [-0.1, -0.05) is 19.9 Å². The minimum Gasteiger partial charge on any atom is -0.501 e. The topological polar surface area (TPSA) is 63.2 Å². The Labute approximate surface area is 177 Å². The van der Waals surface area contributed by atoms with Crippen LogP contribution in [0.1, 0.15) is 52.4 Å². The molecule has 6 aliphatic rings. The van der Waals surface area contributed by atoms with Gasteiger partial charge in [0.15, 0.2) is 13.6 Å². The fraction of sp³-hybridized carbons (Fsp3) is 0.792. The summed E-state index contributed by atoms with van der Waals surface area (Å²) in [6, 6.07) is 0. The van der Waals surface area contributed by atoms with Crippen LogP contribution in [-0.4, -0.2) is 44.5 Å². The van der Waals surface area contributed by atoms with Crippen LogP contribution in [0, 0.1) is 28.6 Å². The highest BCUT2D eigenvalue weighted by Crippen LogP contribution is 2.70. The Balaban J connectivity index is 1.41. The Bertz CT molecular complexity index is 835. The molecule has 6 heteroatoms. The molecule has 0 aromatic heterocycles. The van der Waals surface area contributed by atoms with Crippen LogP contribution in [0.4, 0.5) is 0 Å². The Hall–Kier alpha value is -1.21. The van der Waals surface area contributed by atoms with Gasteiger partial charge in [0.1, 0.15) is 18.0 Å². The number of hydrogen-bond acceptors (Lipinski definition) is 6. The molecule has 0 bridgehead atoms. The van der Waals surface area contributed by atoms with Gasteiger partial charge in [-0.25, -0.2) is 0 Å². The summed E-state index contributed by atoms with van der Waals surface area (Å²) >= 11 is 0. The zero-order valence-corrected chi connectivity index (χ0v) is 18.2. The van der Waals surface area contributed by atoms with E-state index >= 15 is 0 Å². The molecule has 4 aliphatic carbocycles. The summed E-state index contributed by atoms with van der Waals surface area (Å²) < 4.78 is 29.6. The van der Waals surface area contributed by atoms with E-state index in [4.69, 9.17) is 23.7 Å². The lowest BCUT2D eigenvalue weighted by atomic mass is 9.46. The first-order valence-corrected chi connectivity index (χ1v) is 11.4. The average molecular weight is 417 g/mol. The van der Waals surface area contributed by atoms with Crippen molar-refractivity contribution in [1.82, 2.24) is 0 Å². The molecule has 0 radical (unpaired) electrons. The van der Waals surface area contributed by atoms with Gasteiger partial charge < -0.3 is 23.7 Å². The molecular weight excluding hydrogens is 384 g/mol. The lowest BCUT2D eigenvalue weighted by Crippen LogP contribution is -2.65. The maximum atomic E-state index is 13.9. The fourth-order valence-corrected chi connectivity index (χ4v) is 8.27. The minimum absolute atomic E-state index is 0.0689. The maximum Gasteiger partial charge on any atom is 0.226 e. The molecule has 2 spiro atoms. The van der Waals surface area contributed by atoms with E-state index in [0.717, 1.165) is 37.9 Å². The third-order valence-corrected chi connectivity index (χ3v) is 9.69. The standard InChI is InChI=1S/C24H32O6/c1-21-8-6-16(26-3)10-15(21)4-5-17-18-7-9-23(22(18,2)11-19(25)20(17)21)24(30-14-28-23)12-27-13-29-24/h4,10,17-18,20H,5-9,11-14H2,1-3H3/t17-,18-,20-,21-,22+,23-,24-/m1/s1. The summed E-state index contributed by atoms with van der Waals surface area (Å²) in [5.74, 6) is 1.36. The predicted molar refractivity (Wildman–Crippen MR) is 107 cm³/mol. The summed E-state index contributed by atoms with van der Waals surface area (Å²) in [4.78, 5) is 13.9. The van der Waals surface area contributed by atoms with Crippen molar-refractivity contribution < 1.29 is 28.5 Å². The van der Waals surface area contributed by atoms with Crippen molar-refractivity contribution in [3.8, 4) is 0 Å². The molecule has 7 atom stereocenters. The molecule has 6 nitrogen and oxygen atoms in total. The number of allylic oxidation sites excluding steroid dienone is 4. The summed E-state index contributed by atoms with van der Waals surface area (Å²) in [6.45, 7) is 5.37. The highest BCUT2D eigenvalue weighted by molar-refractivity contribution is 5.85. The number of hydrogen-bond donors (Lipinski definition) is 0. The molecule has 6 rings (SSSR count). The quantitative estimate of drug-likeness (QED) is 0.649. The SMILES string of the molecule is COC1=CC2=CC[C@@H]3[C@H]4CC[C@@]5(OCO[C@]56COCO6)[C@@]4(C)CC(=O)[C@@H]3[C@]2(C)CC1. The molecule has 2 heterocycles. The third-order valence-electron chi connectivity index (χ3n) is 9.69. The van der Waals surface area contributed by atoms with Crippen molar-refractivity contribution in [2.45, 2.75) is 63.8 Å². The number of methoxy groups -OCH3 is 1. The molecule has 4 fully saturated rings. The predicted octanol–water partition coefficient (Wildman–Crippen LogP) is 3.71. The van der Waals surface area contributed by atoms with E-state index in [1.165, 1.54) is 5.57 Å². The van der Waals surface area contributed by atoms with Crippen LogP contribution in [0.5, 0.6) is 0 Å². The Morgan fingerprint density at radius 3 is 2.73 bits per heavy atom. The maximum absolute atomic E-state index is 13.9. The Morgan fingerprint density at radius 2 is 1.97 bits per heavy atom. The molecular formula is C24H32O6. The summed E-state index contributed by atoms with van der Waals surface area (Å²) in [5.41, 5.74) is 0.277. The van der Waals surface area contributed by atoms with Crippen LogP contribution in [0.15, 0.2) is 23.5 Å². The first-order valence-electron chi connectivity index (χ1n) is 11.4. The van der Waals surface area contributed by atoms with Gasteiger partial charge in [0.05, 0.1) is 12.9 Å². The number of Topliss-reactive ketones (excluding diaryl/α,β-unsaturated/α-hetero) is 1. The van der Waals surface area contributed by atoms with E-state index in [0.29, 0.717) is 30.6 Å². The Morgan fingerprint density at radius 1 is 1.13 bits per heavy atom. The Kier molecular flexibility index (Phi) is 4.01. The van der Waals surface area contributed by atoms with Gasteiger partial charge in [-0.3, -0.25) is 4.79 Å². The summed E-state index contributed by atoms with van der Waals surface area (Å²) in [6.07, 6.45) is 9.79. The van der Waals surface area contributed by atoms with E-state index < -0.39 is 11.4 Å². The molecule has 0 aromatic carbocycles. The molecule has 164 valence electrons. The van der Waals surface area contributed by atoms with Crippen LogP contribution < -0.4 is 0 Å². The highest BCUT2D eigenvalue weighted by atomic mass is 16.9. The third kappa shape index (κ3) is 2.11. The minimum atomic E-state index is -0.871. The zero-order valence-electron chi connectivity index (χ0n) is 18.2. The molecule has 0 amide bonds. The van der Waals surface area contributed by atoms with Gasteiger partial charge in [0.2, 0.25) is 5.79 Å². The second-order valence-electron chi connectivity index (χ2n) is 10.6. The molecule has 2 saturated heterocycles. The van der Waals surface area contributed by atoms with Crippen LogP contribution in [0.2, 0.25) is 0 Å². The van der Waals surface area contributed by atoms with Gasteiger partial charge in [0, 0.05) is 29.6 Å². The van der Waals surface area contributed by atoms with Crippen molar-refractivity contribution in [1.29, 1.82) is 0 Å². The van der Waals surface area contributed by atoms with Crippen molar-refractivity contribution in [3.63, 3.8) is 0 Å². The molecule has 0 aromatic rings. The van der Waals surface area contributed by atoms with Gasteiger partial charge in [0.25, 0.3) is 0 Å². The lowest BCUT2D eigenvalue weighted by Gasteiger charge is -2.58. The average Bonchev–Trinajstić information content (AvgIpc) is 3.42. The largest absolute Gasteiger partial charge is 0.501 e. The second kappa shape index (κ2) is 6.18. The monoisotopic (exact) mass is 416 g/mol.